The average molecular weight is 390 g/mol. The molecule has 2 aromatic carbocycles. The van der Waals surface area contributed by atoms with E-state index in [2.05, 4.69) is 0 Å². The molecule has 1 aliphatic carbocycles. The van der Waals surface area contributed by atoms with Crippen LogP contribution in [0.3, 0.4) is 0 Å². The van der Waals surface area contributed by atoms with Crippen LogP contribution >= 0.6 is 23.2 Å². The zero-order valence-corrected chi connectivity index (χ0v) is 15.4. The highest BCUT2D eigenvalue weighted by Gasteiger charge is 2.47. The van der Waals surface area contributed by atoms with Gasteiger partial charge in [0.1, 0.15) is 0 Å². The quantitative estimate of drug-likeness (QED) is 0.850. The molecule has 4 nitrogen and oxygen atoms in total. The number of benzene rings is 2. The summed E-state index contributed by atoms with van der Waals surface area (Å²) in [7, 11) is 0. The van der Waals surface area contributed by atoms with Crippen molar-refractivity contribution >= 4 is 35.1 Å². The molecule has 3 unspecified atom stereocenters. The van der Waals surface area contributed by atoms with Crippen LogP contribution in [0.25, 0.3) is 0 Å². The van der Waals surface area contributed by atoms with Gasteiger partial charge in [0.05, 0.1) is 16.0 Å². The molecule has 0 spiro atoms. The van der Waals surface area contributed by atoms with Gasteiger partial charge in [0.25, 0.3) is 0 Å². The van der Waals surface area contributed by atoms with E-state index in [-0.39, 0.29) is 24.3 Å². The molecule has 2 aromatic rings. The van der Waals surface area contributed by atoms with E-state index >= 15 is 0 Å². The zero-order chi connectivity index (χ0) is 18.4. The molecule has 0 aromatic heterocycles. The molecule has 3 atom stereocenters. The molecule has 1 heterocycles. The van der Waals surface area contributed by atoms with Crippen molar-refractivity contribution in [3.05, 3.63) is 69.2 Å². The zero-order valence-electron chi connectivity index (χ0n) is 13.9. The van der Waals surface area contributed by atoms with Gasteiger partial charge in [0.15, 0.2) is 0 Å². The summed E-state index contributed by atoms with van der Waals surface area (Å²) in [5.41, 5.74) is 2.72. The minimum atomic E-state index is -0.896. The molecule has 134 valence electrons. The first-order chi connectivity index (χ1) is 12.5. The van der Waals surface area contributed by atoms with E-state index in [4.69, 9.17) is 23.2 Å². The summed E-state index contributed by atoms with van der Waals surface area (Å²) >= 11 is 12.0. The van der Waals surface area contributed by atoms with E-state index in [0.717, 1.165) is 23.1 Å². The number of amides is 1. The van der Waals surface area contributed by atoms with Crippen molar-refractivity contribution in [3.8, 4) is 0 Å². The maximum atomic E-state index is 12.9. The third-order valence-corrected chi connectivity index (χ3v) is 6.02. The van der Waals surface area contributed by atoms with Crippen LogP contribution in [0, 0.1) is 5.92 Å². The second kappa shape index (κ2) is 6.60. The Morgan fingerprint density at radius 1 is 1.08 bits per heavy atom. The molecule has 0 saturated heterocycles. The number of aliphatic carboxylic acids is 1. The molecule has 1 fully saturated rings. The summed E-state index contributed by atoms with van der Waals surface area (Å²) in [6, 6.07) is 12.9. The first kappa shape index (κ1) is 17.4. The lowest BCUT2D eigenvalue weighted by Crippen LogP contribution is -2.41. The largest absolute Gasteiger partial charge is 0.481 e. The Bertz CT molecular complexity index is 898. The van der Waals surface area contributed by atoms with Crippen LogP contribution in [-0.2, 0) is 16.1 Å². The van der Waals surface area contributed by atoms with Crippen LogP contribution in [0.1, 0.15) is 34.9 Å². The summed E-state index contributed by atoms with van der Waals surface area (Å²) < 4.78 is 0. The summed E-state index contributed by atoms with van der Waals surface area (Å²) in [5, 5.41) is 10.5. The van der Waals surface area contributed by atoms with E-state index in [0.29, 0.717) is 16.6 Å². The number of carboxylic acid groups (broad SMARTS) is 1. The van der Waals surface area contributed by atoms with Crippen molar-refractivity contribution < 1.29 is 14.7 Å². The van der Waals surface area contributed by atoms with Crippen LogP contribution in [0.15, 0.2) is 42.5 Å². The summed E-state index contributed by atoms with van der Waals surface area (Å²) in [6.07, 6.45) is 0.757. The van der Waals surface area contributed by atoms with Gasteiger partial charge in [0.2, 0.25) is 5.91 Å². The number of halogens is 2. The summed E-state index contributed by atoms with van der Waals surface area (Å²) in [4.78, 5) is 26.3. The fourth-order valence-electron chi connectivity index (χ4n) is 3.80. The van der Waals surface area contributed by atoms with Crippen LogP contribution in [0.5, 0.6) is 0 Å². The molecule has 1 amide bonds. The van der Waals surface area contributed by atoms with E-state index in [1.807, 2.05) is 36.4 Å². The normalized spacial score (nSPS) is 24.1. The predicted octanol–water partition coefficient (Wildman–Crippen LogP) is 4.31. The van der Waals surface area contributed by atoms with Crippen molar-refractivity contribution in [3.63, 3.8) is 0 Å². The Morgan fingerprint density at radius 2 is 1.85 bits per heavy atom. The van der Waals surface area contributed by atoms with Gasteiger partial charge >= 0.3 is 5.97 Å². The number of carboxylic acids is 1. The van der Waals surface area contributed by atoms with Crippen molar-refractivity contribution in [1.82, 2.24) is 4.90 Å². The van der Waals surface area contributed by atoms with Crippen molar-refractivity contribution in [2.45, 2.75) is 24.8 Å². The minimum Gasteiger partial charge on any atom is -0.481 e. The van der Waals surface area contributed by atoms with Gasteiger partial charge in [-0.25, -0.2) is 0 Å². The molecule has 1 N–H and O–H groups in total. The van der Waals surface area contributed by atoms with Crippen molar-refractivity contribution in [2.75, 3.05) is 6.54 Å². The molecule has 1 saturated carbocycles. The van der Waals surface area contributed by atoms with E-state index < -0.39 is 11.9 Å². The fraction of sp³-hybridized carbons (Fsp3) is 0.300. The second-order valence-corrected chi connectivity index (χ2v) is 7.75. The van der Waals surface area contributed by atoms with Crippen molar-refractivity contribution in [2.24, 2.45) is 5.92 Å². The molecule has 0 radical (unpaired) electrons. The Morgan fingerprint density at radius 3 is 2.58 bits per heavy atom. The Balaban J connectivity index is 1.53. The number of hydrogen-bond donors (Lipinski definition) is 1. The van der Waals surface area contributed by atoms with E-state index in [1.54, 1.807) is 11.0 Å². The minimum absolute atomic E-state index is 0.0156. The summed E-state index contributed by atoms with van der Waals surface area (Å²) in [5.74, 6) is -1.55. The van der Waals surface area contributed by atoms with Gasteiger partial charge < -0.3 is 10.0 Å². The number of carbonyl (C=O) groups excluding carboxylic acids is 1. The Labute approximate surface area is 161 Å². The highest BCUT2D eigenvalue weighted by atomic mass is 35.5. The first-order valence-corrected chi connectivity index (χ1v) is 9.25. The van der Waals surface area contributed by atoms with Gasteiger partial charge in [-0.05, 0) is 41.2 Å². The monoisotopic (exact) mass is 389 g/mol. The van der Waals surface area contributed by atoms with Crippen LogP contribution in [-0.4, -0.2) is 28.4 Å². The number of carbonyl (C=O) groups is 2. The molecule has 26 heavy (non-hydrogen) atoms. The molecule has 1 aliphatic heterocycles. The average Bonchev–Trinajstić information content (AvgIpc) is 3.43. The molecule has 6 heteroatoms. The van der Waals surface area contributed by atoms with Gasteiger partial charge in [-0.2, -0.15) is 0 Å². The van der Waals surface area contributed by atoms with Gasteiger partial charge in [-0.1, -0.05) is 53.5 Å². The van der Waals surface area contributed by atoms with Gasteiger partial charge in [0, 0.05) is 19.0 Å². The fourth-order valence-corrected chi connectivity index (χ4v) is 4.11. The third-order valence-electron chi connectivity index (χ3n) is 5.28. The first-order valence-electron chi connectivity index (χ1n) is 8.50. The van der Waals surface area contributed by atoms with E-state index in [1.165, 1.54) is 0 Å². The molecular formula is C20H17Cl2NO3. The lowest BCUT2D eigenvalue weighted by Gasteiger charge is -2.33. The topological polar surface area (TPSA) is 57.6 Å². The van der Waals surface area contributed by atoms with E-state index in [9.17, 15) is 14.7 Å². The SMILES string of the molecule is O=C(O)C1CN(C(=O)C2CC2c2ccc(Cl)c(Cl)c2)Cc2ccccc21. The predicted molar refractivity (Wildman–Crippen MR) is 99.5 cm³/mol. The Hall–Kier alpha value is -2.04. The van der Waals surface area contributed by atoms with Gasteiger partial charge in [-0.3, -0.25) is 9.59 Å². The highest BCUT2D eigenvalue weighted by Crippen LogP contribution is 2.50. The lowest BCUT2D eigenvalue weighted by atomic mass is 9.89. The number of fused-ring (bicyclic) bond motifs is 1. The lowest BCUT2D eigenvalue weighted by molar-refractivity contribution is -0.141. The third kappa shape index (κ3) is 3.08. The number of nitrogens with zero attached hydrogens (tertiary/aromatic N) is 1. The maximum absolute atomic E-state index is 12.9. The standard InChI is InChI=1S/C20H17Cl2NO3/c21-17-6-5-11(7-18(17)22)14-8-15(14)19(24)23-9-12-3-1-2-4-13(12)16(10-23)20(25)26/h1-7,14-16H,8-10H2,(H,25,26). The van der Waals surface area contributed by atoms with Gasteiger partial charge in [-0.15, -0.1) is 0 Å². The van der Waals surface area contributed by atoms with Crippen molar-refractivity contribution in [1.29, 1.82) is 0 Å². The molecule has 0 bridgehead atoms. The van der Waals surface area contributed by atoms with Crippen LogP contribution < -0.4 is 0 Å². The maximum Gasteiger partial charge on any atom is 0.312 e. The Kier molecular flexibility index (Phi) is 4.41. The molecule has 4 rings (SSSR count). The van der Waals surface area contributed by atoms with Crippen LogP contribution in [0.4, 0.5) is 0 Å². The summed E-state index contributed by atoms with van der Waals surface area (Å²) in [6.45, 7) is 0.680. The highest BCUT2D eigenvalue weighted by molar-refractivity contribution is 6.42. The second-order valence-electron chi connectivity index (χ2n) is 6.93. The number of rotatable bonds is 3. The van der Waals surface area contributed by atoms with Crippen LogP contribution in [0.2, 0.25) is 10.0 Å². The molecular weight excluding hydrogens is 373 g/mol. The number of hydrogen-bond acceptors (Lipinski definition) is 2. The molecule has 2 aliphatic rings. The smallest absolute Gasteiger partial charge is 0.312 e.